The van der Waals surface area contributed by atoms with Gasteiger partial charge in [-0.15, -0.1) is 0 Å². The highest BCUT2D eigenvalue weighted by atomic mass is 16.5. The molecule has 6 heteroatoms. The van der Waals surface area contributed by atoms with Gasteiger partial charge in [-0.25, -0.2) is 4.79 Å². The molecule has 5 rings (SSSR count). The number of benzene rings is 2. The summed E-state index contributed by atoms with van der Waals surface area (Å²) < 4.78 is 17.4. The van der Waals surface area contributed by atoms with Crippen LogP contribution in [0.2, 0.25) is 0 Å². The Hall–Kier alpha value is -3.54. The first-order valence-corrected chi connectivity index (χ1v) is 13.2. The fraction of sp³-hybridized carbons (Fsp3) is 0.419. The van der Waals surface area contributed by atoms with Crippen LogP contribution >= 0.6 is 0 Å². The Bertz CT molecular complexity index is 1240. The van der Waals surface area contributed by atoms with Gasteiger partial charge in [0.1, 0.15) is 6.10 Å². The van der Waals surface area contributed by atoms with E-state index in [1.165, 1.54) is 6.42 Å². The van der Waals surface area contributed by atoms with Crippen LogP contribution < -0.4 is 14.8 Å². The van der Waals surface area contributed by atoms with Gasteiger partial charge < -0.3 is 19.5 Å². The molecule has 2 aromatic carbocycles. The van der Waals surface area contributed by atoms with Gasteiger partial charge in [-0.2, -0.15) is 0 Å². The highest BCUT2D eigenvalue weighted by molar-refractivity contribution is 6.04. The number of Topliss-reactive ketones (excluding diaryl/α,β-unsaturated/α-hetero) is 1. The quantitative estimate of drug-likeness (QED) is 0.494. The van der Waals surface area contributed by atoms with Gasteiger partial charge in [-0.1, -0.05) is 48.9 Å². The summed E-state index contributed by atoms with van der Waals surface area (Å²) in [4.78, 5) is 27.6. The molecule has 0 unspecified atom stereocenters. The summed E-state index contributed by atoms with van der Waals surface area (Å²) in [5.41, 5.74) is 4.56. The molecule has 37 heavy (non-hydrogen) atoms. The number of esters is 1. The molecule has 0 radical (unpaired) electrons. The number of methoxy groups -OCH3 is 2. The Balaban J connectivity index is 1.59. The van der Waals surface area contributed by atoms with Crippen molar-refractivity contribution in [3.63, 3.8) is 0 Å². The zero-order chi connectivity index (χ0) is 25.9. The number of ether oxygens (including phenoxy) is 3. The second-order valence-corrected chi connectivity index (χ2v) is 10.2. The predicted octanol–water partition coefficient (Wildman–Crippen LogP) is 5.94. The third-order valence-corrected chi connectivity index (χ3v) is 7.89. The van der Waals surface area contributed by atoms with Gasteiger partial charge in [0.15, 0.2) is 17.3 Å². The highest BCUT2D eigenvalue weighted by Crippen LogP contribution is 2.49. The number of rotatable bonds is 6. The van der Waals surface area contributed by atoms with Gasteiger partial charge in [0.05, 0.1) is 25.7 Å². The molecule has 1 aliphatic heterocycles. The SMILES string of the molecule is COc1cccc([C@H]2C(C(=O)OC3CCCCC3)=C(C)NC3=C2C(=O)C[C@@H](c2ccccc2)C3)c1OC. The Morgan fingerprint density at radius 1 is 0.919 bits per heavy atom. The van der Waals surface area contributed by atoms with E-state index in [1.807, 2.05) is 43.3 Å². The summed E-state index contributed by atoms with van der Waals surface area (Å²) in [6, 6.07) is 15.8. The molecule has 1 saturated carbocycles. The Kier molecular flexibility index (Phi) is 7.36. The minimum atomic E-state index is -0.596. The molecule has 3 aliphatic rings. The maximum absolute atomic E-state index is 13.9. The van der Waals surface area contributed by atoms with Gasteiger partial charge in [0, 0.05) is 29.0 Å². The Morgan fingerprint density at radius 2 is 1.68 bits per heavy atom. The lowest BCUT2D eigenvalue weighted by atomic mass is 9.71. The van der Waals surface area contributed by atoms with E-state index < -0.39 is 5.92 Å². The monoisotopic (exact) mass is 501 g/mol. The molecule has 0 bridgehead atoms. The van der Waals surface area contributed by atoms with E-state index in [0.29, 0.717) is 35.5 Å². The van der Waals surface area contributed by atoms with Gasteiger partial charge >= 0.3 is 5.97 Å². The summed E-state index contributed by atoms with van der Waals surface area (Å²) in [5.74, 6) is 0.239. The van der Waals surface area contributed by atoms with E-state index in [0.717, 1.165) is 48.2 Å². The number of hydrogen-bond donors (Lipinski definition) is 1. The van der Waals surface area contributed by atoms with Crippen molar-refractivity contribution in [2.24, 2.45) is 0 Å². The first-order chi connectivity index (χ1) is 18.0. The molecule has 6 nitrogen and oxygen atoms in total. The fourth-order valence-corrected chi connectivity index (χ4v) is 6.12. The minimum Gasteiger partial charge on any atom is -0.493 e. The topological polar surface area (TPSA) is 73.9 Å². The highest BCUT2D eigenvalue weighted by Gasteiger charge is 2.43. The predicted molar refractivity (Wildman–Crippen MR) is 142 cm³/mol. The number of para-hydroxylation sites is 1. The van der Waals surface area contributed by atoms with E-state index in [9.17, 15) is 9.59 Å². The number of carbonyl (C=O) groups is 2. The van der Waals surface area contributed by atoms with Crippen LogP contribution in [0.25, 0.3) is 0 Å². The molecule has 0 amide bonds. The minimum absolute atomic E-state index is 0.0351. The third kappa shape index (κ3) is 4.89. The van der Waals surface area contributed by atoms with Crippen LogP contribution in [0.15, 0.2) is 71.1 Å². The summed E-state index contributed by atoms with van der Waals surface area (Å²) >= 11 is 0. The normalized spacial score (nSPS) is 22.3. The molecular weight excluding hydrogens is 466 g/mol. The van der Waals surface area contributed by atoms with Crippen molar-refractivity contribution >= 4 is 11.8 Å². The summed E-state index contributed by atoms with van der Waals surface area (Å²) in [6.45, 7) is 1.90. The maximum Gasteiger partial charge on any atom is 0.337 e. The smallest absolute Gasteiger partial charge is 0.337 e. The number of nitrogens with one attached hydrogen (secondary N) is 1. The van der Waals surface area contributed by atoms with Gasteiger partial charge in [0.25, 0.3) is 0 Å². The van der Waals surface area contributed by atoms with Crippen LogP contribution in [0.1, 0.15) is 74.8 Å². The van der Waals surface area contributed by atoms with Gasteiger partial charge in [0.2, 0.25) is 0 Å². The van der Waals surface area contributed by atoms with Crippen LogP contribution in [0.5, 0.6) is 11.5 Å². The molecule has 0 aromatic heterocycles. The van der Waals surface area contributed by atoms with Crippen molar-refractivity contribution in [1.29, 1.82) is 0 Å². The number of allylic oxidation sites excluding steroid dienone is 3. The average Bonchev–Trinajstić information content (AvgIpc) is 2.92. The van der Waals surface area contributed by atoms with Crippen LogP contribution in [0.4, 0.5) is 0 Å². The van der Waals surface area contributed by atoms with E-state index in [2.05, 4.69) is 17.4 Å². The van der Waals surface area contributed by atoms with Crippen LogP contribution in [0.3, 0.4) is 0 Å². The lowest BCUT2D eigenvalue weighted by molar-refractivity contribution is -0.146. The van der Waals surface area contributed by atoms with Crippen LogP contribution in [-0.4, -0.2) is 32.1 Å². The summed E-state index contributed by atoms with van der Waals surface area (Å²) in [6.07, 6.45) is 6.05. The molecule has 1 N–H and O–H groups in total. The van der Waals surface area contributed by atoms with Crippen molar-refractivity contribution in [3.8, 4) is 11.5 Å². The Labute approximate surface area is 218 Å². The van der Waals surface area contributed by atoms with Crippen LogP contribution in [0, 0.1) is 0 Å². The molecule has 2 atom stereocenters. The van der Waals surface area contributed by atoms with E-state index >= 15 is 0 Å². The molecule has 2 aromatic rings. The number of carbonyl (C=O) groups excluding carboxylic acids is 2. The number of dihydropyridines is 1. The summed E-state index contributed by atoms with van der Waals surface area (Å²) in [5, 5.41) is 3.45. The van der Waals surface area contributed by atoms with Gasteiger partial charge in [-0.3, -0.25) is 4.79 Å². The fourth-order valence-electron chi connectivity index (χ4n) is 6.12. The van der Waals surface area contributed by atoms with Crippen molar-refractivity contribution in [2.45, 2.75) is 69.8 Å². The zero-order valence-electron chi connectivity index (χ0n) is 21.8. The first kappa shape index (κ1) is 25.1. The molecule has 1 heterocycles. The van der Waals surface area contributed by atoms with Crippen molar-refractivity contribution in [3.05, 3.63) is 82.2 Å². The molecule has 0 saturated heterocycles. The largest absolute Gasteiger partial charge is 0.493 e. The maximum atomic E-state index is 13.9. The molecule has 2 aliphatic carbocycles. The third-order valence-electron chi connectivity index (χ3n) is 7.89. The number of ketones is 1. The number of hydrogen-bond acceptors (Lipinski definition) is 6. The Morgan fingerprint density at radius 3 is 2.38 bits per heavy atom. The van der Waals surface area contributed by atoms with Gasteiger partial charge in [-0.05, 0) is 56.6 Å². The van der Waals surface area contributed by atoms with E-state index in [-0.39, 0.29) is 23.8 Å². The molecule has 194 valence electrons. The van der Waals surface area contributed by atoms with Crippen molar-refractivity contribution < 1.29 is 23.8 Å². The van der Waals surface area contributed by atoms with Crippen molar-refractivity contribution in [1.82, 2.24) is 5.32 Å². The lowest BCUT2D eigenvalue weighted by Gasteiger charge is -2.37. The lowest BCUT2D eigenvalue weighted by Crippen LogP contribution is -2.37. The second-order valence-electron chi connectivity index (χ2n) is 10.2. The molecule has 0 spiro atoms. The zero-order valence-corrected chi connectivity index (χ0v) is 21.8. The second kappa shape index (κ2) is 10.8. The first-order valence-electron chi connectivity index (χ1n) is 13.2. The van der Waals surface area contributed by atoms with E-state index in [4.69, 9.17) is 14.2 Å². The average molecular weight is 502 g/mol. The molecular formula is C31H35NO5. The van der Waals surface area contributed by atoms with E-state index in [1.54, 1.807) is 14.2 Å². The standard InChI is InChI=1S/C31H35NO5/c1-19-27(31(34)37-22-13-8-5-9-14-22)28(23-15-10-16-26(35-2)30(23)36-3)29-24(32-19)17-21(18-25(29)33)20-11-6-4-7-12-20/h4,6-7,10-12,15-16,21-22,28,32H,5,8-9,13-14,17-18H2,1-3H3/t21-,28-/m0/s1. The summed E-state index contributed by atoms with van der Waals surface area (Å²) in [7, 11) is 3.17. The van der Waals surface area contributed by atoms with Crippen LogP contribution in [-0.2, 0) is 14.3 Å². The van der Waals surface area contributed by atoms with Crippen molar-refractivity contribution in [2.75, 3.05) is 14.2 Å². The molecule has 1 fully saturated rings.